The molecule has 1 fully saturated rings. The van der Waals surface area contributed by atoms with Crippen molar-refractivity contribution in [2.45, 2.75) is 19.4 Å². The number of fused-ring (bicyclic) bond motifs is 1. The molecule has 1 atom stereocenters. The first kappa shape index (κ1) is 19.1. The summed E-state index contributed by atoms with van der Waals surface area (Å²) in [6, 6.07) is 11.3. The molecule has 7 nitrogen and oxygen atoms in total. The summed E-state index contributed by atoms with van der Waals surface area (Å²) >= 11 is 1.39. The highest BCUT2D eigenvalue weighted by atomic mass is 32.2. The van der Waals surface area contributed by atoms with E-state index in [0.717, 1.165) is 21.6 Å². The van der Waals surface area contributed by atoms with Gasteiger partial charge >= 0.3 is 0 Å². The quantitative estimate of drug-likeness (QED) is 0.609. The van der Waals surface area contributed by atoms with Crippen LogP contribution in [0.1, 0.15) is 21.8 Å². The van der Waals surface area contributed by atoms with Gasteiger partial charge in [-0.3, -0.25) is 9.80 Å². The van der Waals surface area contributed by atoms with Crippen molar-refractivity contribution in [3.63, 3.8) is 0 Å². The number of para-hydroxylation sites is 1. The standard InChI is InChI=1S/C19H22N4O3S2/c1-13-16-11-17(27-19(16)22(20-13)14-7-5-4-6-8-14)18(24)23(21(2)3)15-9-10-28(25,26)12-15/h4-8,11,15H,9-10,12H2,1-3H3. The molecule has 28 heavy (non-hydrogen) atoms. The fourth-order valence-corrected chi connectivity index (χ4v) is 6.46. The summed E-state index contributed by atoms with van der Waals surface area (Å²) in [6.45, 7) is 1.93. The molecule has 1 aromatic carbocycles. The number of benzene rings is 1. The number of carbonyl (C=O) groups excluding carboxylic acids is 1. The summed E-state index contributed by atoms with van der Waals surface area (Å²) in [5.41, 5.74) is 1.79. The van der Waals surface area contributed by atoms with Crippen molar-refractivity contribution >= 4 is 37.3 Å². The number of aryl methyl sites for hydroxylation is 1. The minimum Gasteiger partial charge on any atom is -0.267 e. The average molecular weight is 419 g/mol. The predicted molar refractivity (Wildman–Crippen MR) is 111 cm³/mol. The molecule has 9 heteroatoms. The number of rotatable bonds is 4. The Morgan fingerprint density at radius 1 is 1.25 bits per heavy atom. The second-order valence-corrected chi connectivity index (χ2v) is 10.5. The van der Waals surface area contributed by atoms with Crippen molar-refractivity contribution in [2.24, 2.45) is 0 Å². The Morgan fingerprint density at radius 2 is 1.96 bits per heavy atom. The number of aromatic nitrogens is 2. The highest BCUT2D eigenvalue weighted by Crippen LogP contribution is 2.32. The van der Waals surface area contributed by atoms with E-state index < -0.39 is 9.84 Å². The Kier molecular flexibility index (Phi) is 4.76. The van der Waals surface area contributed by atoms with Crippen molar-refractivity contribution in [1.82, 2.24) is 19.8 Å². The van der Waals surface area contributed by atoms with E-state index in [0.29, 0.717) is 11.3 Å². The van der Waals surface area contributed by atoms with Crippen LogP contribution in [0.3, 0.4) is 0 Å². The highest BCUT2D eigenvalue weighted by molar-refractivity contribution is 7.91. The molecule has 1 unspecified atom stereocenters. The maximum atomic E-state index is 13.3. The van der Waals surface area contributed by atoms with Crippen LogP contribution in [-0.4, -0.2) is 65.8 Å². The second-order valence-electron chi connectivity index (χ2n) is 7.22. The lowest BCUT2D eigenvalue weighted by Gasteiger charge is -2.33. The van der Waals surface area contributed by atoms with Gasteiger partial charge in [0.2, 0.25) is 0 Å². The first-order valence-electron chi connectivity index (χ1n) is 9.02. The molecule has 1 amide bonds. The summed E-state index contributed by atoms with van der Waals surface area (Å²) in [5.74, 6) is -0.0325. The molecule has 148 valence electrons. The zero-order valence-electron chi connectivity index (χ0n) is 16.0. The van der Waals surface area contributed by atoms with Crippen LogP contribution in [0.5, 0.6) is 0 Å². The maximum absolute atomic E-state index is 13.3. The van der Waals surface area contributed by atoms with E-state index in [2.05, 4.69) is 5.10 Å². The van der Waals surface area contributed by atoms with E-state index in [1.165, 1.54) is 11.3 Å². The van der Waals surface area contributed by atoms with E-state index >= 15 is 0 Å². The number of amides is 1. The van der Waals surface area contributed by atoms with E-state index in [1.807, 2.05) is 48.0 Å². The molecule has 1 aliphatic heterocycles. The van der Waals surface area contributed by atoms with Gasteiger partial charge in [0.05, 0.1) is 33.8 Å². The number of hydrogen-bond donors (Lipinski definition) is 0. The topological polar surface area (TPSA) is 75.5 Å². The molecule has 1 saturated heterocycles. The number of hydrogen-bond acceptors (Lipinski definition) is 6. The third kappa shape index (κ3) is 3.34. The first-order chi connectivity index (χ1) is 13.3. The first-order valence-corrected chi connectivity index (χ1v) is 11.7. The third-order valence-corrected chi connectivity index (χ3v) is 7.80. The monoisotopic (exact) mass is 418 g/mol. The highest BCUT2D eigenvalue weighted by Gasteiger charge is 2.37. The average Bonchev–Trinajstić information content (AvgIpc) is 3.31. The van der Waals surface area contributed by atoms with Gasteiger partial charge < -0.3 is 0 Å². The number of thiophene rings is 1. The lowest BCUT2D eigenvalue weighted by atomic mass is 10.2. The van der Waals surface area contributed by atoms with Gasteiger partial charge in [0.25, 0.3) is 5.91 Å². The van der Waals surface area contributed by atoms with Crippen molar-refractivity contribution in [3.05, 3.63) is 47.0 Å². The van der Waals surface area contributed by atoms with Gasteiger partial charge in [-0.05, 0) is 31.5 Å². The number of carbonyl (C=O) groups is 1. The molecule has 0 N–H and O–H groups in total. The number of nitrogens with zero attached hydrogens (tertiary/aromatic N) is 4. The van der Waals surface area contributed by atoms with Crippen LogP contribution in [0.25, 0.3) is 15.9 Å². The zero-order valence-corrected chi connectivity index (χ0v) is 17.6. The molecular weight excluding hydrogens is 396 g/mol. The van der Waals surface area contributed by atoms with Gasteiger partial charge in [-0.1, -0.05) is 18.2 Å². The van der Waals surface area contributed by atoms with Crippen molar-refractivity contribution < 1.29 is 13.2 Å². The van der Waals surface area contributed by atoms with Gasteiger partial charge in [-0.2, -0.15) is 5.10 Å². The van der Waals surface area contributed by atoms with Gasteiger partial charge in [0.15, 0.2) is 9.84 Å². The Morgan fingerprint density at radius 3 is 2.57 bits per heavy atom. The fraction of sp³-hybridized carbons (Fsp3) is 0.368. The molecular formula is C19H22N4O3S2. The Balaban J connectivity index is 1.73. The van der Waals surface area contributed by atoms with Gasteiger partial charge in [-0.15, -0.1) is 11.3 Å². The Hall–Kier alpha value is -2.23. The fourth-order valence-electron chi connectivity index (χ4n) is 3.65. The van der Waals surface area contributed by atoms with Crippen LogP contribution in [0.2, 0.25) is 0 Å². The van der Waals surface area contributed by atoms with Gasteiger partial charge in [-0.25, -0.2) is 18.1 Å². The van der Waals surface area contributed by atoms with Crippen LogP contribution < -0.4 is 0 Å². The molecule has 0 aliphatic carbocycles. The summed E-state index contributed by atoms with van der Waals surface area (Å²) in [4.78, 5) is 14.8. The summed E-state index contributed by atoms with van der Waals surface area (Å²) < 4.78 is 25.7. The molecule has 3 heterocycles. The Labute approximate surface area is 168 Å². The second kappa shape index (κ2) is 6.98. The third-order valence-electron chi connectivity index (χ3n) is 4.95. The number of sulfone groups is 1. The maximum Gasteiger partial charge on any atom is 0.278 e. The molecule has 0 spiro atoms. The van der Waals surface area contributed by atoms with Crippen LogP contribution in [0, 0.1) is 6.92 Å². The molecule has 1 aliphatic rings. The minimum atomic E-state index is -3.08. The molecule has 2 aromatic heterocycles. The lowest BCUT2D eigenvalue weighted by molar-refractivity contribution is 0.00148. The summed E-state index contributed by atoms with van der Waals surface area (Å²) in [5, 5.41) is 8.81. The largest absolute Gasteiger partial charge is 0.278 e. The van der Waals surface area contributed by atoms with Crippen LogP contribution in [-0.2, 0) is 9.84 Å². The van der Waals surface area contributed by atoms with Gasteiger partial charge in [0, 0.05) is 19.5 Å². The van der Waals surface area contributed by atoms with E-state index in [4.69, 9.17) is 0 Å². The molecule has 0 saturated carbocycles. The minimum absolute atomic E-state index is 0.0125. The van der Waals surface area contributed by atoms with Crippen molar-refractivity contribution in [1.29, 1.82) is 0 Å². The predicted octanol–water partition coefficient (Wildman–Crippen LogP) is 2.50. The van der Waals surface area contributed by atoms with E-state index in [-0.39, 0.29) is 23.5 Å². The molecule has 3 aromatic rings. The van der Waals surface area contributed by atoms with Gasteiger partial charge in [0.1, 0.15) is 4.83 Å². The van der Waals surface area contributed by atoms with Crippen LogP contribution in [0.4, 0.5) is 0 Å². The molecule has 4 rings (SSSR count). The molecule has 0 radical (unpaired) electrons. The number of hydrazine groups is 1. The van der Waals surface area contributed by atoms with E-state index in [1.54, 1.807) is 24.1 Å². The SMILES string of the molecule is Cc1nn(-c2ccccc2)c2sc(C(=O)N(C3CCS(=O)(=O)C3)N(C)C)cc12. The Bertz CT molecular complexity index is 1130. The van der Waals surface area contributed by atoms with Crippen molar-refractivity contribution in [3.8, 4) is 5.69 Å². The summed E-state index contributed by atoms with van der Waals surface area (Å²) in [7, 11) is 0.458. The van der Waals surface area contributed by atoms with E-state index in [9.17, 15) is 13.2 Å². The van der Waals surface area contributed by atoms with Crippen LogP contribution >= 0.6 is 11.3 Å². The smallest absolute Gasteiger partial charge is 0.267 e. The zero-order chi connectivity index (χ0) is 20.1. The van der Waals surface area contributed by atoms with Crippen LogP contribution in [0.15, 0.2) is 36.4 Å². The van der Waals surface area contributed by atoms with Crippen molar-refractivity contribution in [2.75, 3.05) is 25.6 Å². The lowest BCUT2D eigenvalue weighted by Crippen LogP contribution is -2.49. The molecule has 0 bridgehead atoms. The normalized spacial score (nSPS) is 18.8. The summed E-state index contributed by atoms with van der Waals surface area (Å²) in [6.07, 6.45) is 0.466.